The Morgan fingerprint density at radius 1 is 1.39 bits per heavy atom. The number of benzene rings is 1. The van der Waals surface area contributed by atoms with Gasteiger partial charge in [-0.1, -0.05) is 6.07 Å². The van der Waals surface area contributed by atoms with Gasteiger partial charge < -0.3 is 10.1 Å². The third-order valence-corrected chi connectivity index (χ3v) is 3.91. The van der Waals surface area contributed by atoms with E-state index in [9.17, 15) is 4.39 Å². The number of nitrogens with one attached hydrogen (secondary N) is 1. The number of halogens is 1. The first-order valence-electron chi connectivity index (χ1n) is 6.60. The van der Waals surface area contributed by atoms with Gasteiger partial charge in [0.05, 0.1) is 0 Å². The average Bonchev–Trinajstić information content (AvgIpc) is 3.10. The number of aryl methyl sites for hydroxylation is 1. The first-order chi connectivity index (χ1) is 8.65. The lowest BCUT2D eigenvalue weighted by Gasteiger charge is -2.16. The van der Waals surface area contributed by atoms with Gasteiger partial charge in [0.2, 0.25) is 0 Å². The third-order valence-electron chi connectivity index (χ3n) is 3.91. The molecule has 0 aromatic heterocycles. The maximum absolute atomic E-state index is 13.0. The molecule has 3 heteroatoms. The zero-order chi connectivity index (χ0) is 13.0. The molecule has 0 heterocycles. The second-order valence-electron chi connectivity index (χ2n) is 5.42. The Labute approximate surface area is 109 Å². The fourth-order valence-electron chi connectivity index (χ4n) is 2.33. The summed E-state index contributed by atoms with van der Waals surface area (Å²) in [6, 6.07) is 4.99. The summed E-state index contributed by atoms with van der Waals surface area (Å²) in [5.41, 5.74) is 2.66. The van der Waals surface area contributed by atoms with Crippen molar-refractivity contribution < 1.29 is 9.13 Å². The molecule has 1 N–H and O–H groups in total. The van der Waals surface area contributed by atoms with Crippen molar-refractivity contribution >= 4 is 0 Å². The number of ether oxygens (including phenoxy) is 1. The molecule has 0 bridgehead atoms. The quantitative estimate of drug-likeness (QED) is 0.804. The largest absolute Gasteiger partial charge is 0.385 e. The zero-order valence-corrected chi connectivity index (χ0v) is 11.3. The molecule has 0 saturated heterocycles. The van der Waals surface area contributed by atoms with Gasteiger partial charge in [-0.15, -0.1) is 0 Å². The maximum Gasteiger partial charge on any atom is 0.123 e. The van der Waals surface area contributed by atoms with Crippen LogP contribution in [0.4, 0.5) is 4.39 Å². The third kappa shape index (κ3) is 3.53. The fraction of sp³-hybridized carbons (Fsp3) is 0.600. The van der Waals surface area contributed by atoms with Gasteiger partial charge in [0.1, 0.15) is 5.82 Å². The van der Waals surface area contributed by atoms with Crippen molar-refractivity contribution in [3.8, 4) is 0 Å². The lowest BCUT2D eigenvalue weighted by Crippen LogP contribution is -2.25. The highest BCUT2D eigenvalue weighted by atomic mass is 19.1. The normalized spacial score (nSPS) is 16.8. The van der Waals surface area contributed by atoms with Gasteiger partial charge in [0.15, 0.2) is 0 Å². The SMILES string of the molecule is COCCC1(CNCc2ccc(F)cc2C)CC1. The lowest BCUT2D eigenvalue weighted by molar-refractivity contribution is 0.171. The van der Waals surface area contributed by atoms with Gasteiger partial charge >= 0.3 is 0 Å². The molecule has 0 amide bonds. The minimum atomic E-state index is -0.157. The van der Waals surface area contributed by atoms with Crippen molar-refractivity contribution in [1.29, 1.82) is 0 Å². The number of methoxy groups -OCH3 is 1. The summed E-state index contributed by atoms with van der Waals surface area (Å²) in [5, 5.41) is 3.50. The predicted octanol–water partition coefficient (Wildman–Crippen LogP) is 3.04. The second-order valence-corrected chi connectivity index (χ2v) is 5.42. The Hall–Kier alpha value is -0.930. The Morgan fingerprint density at radius 3 is 2.78 bits per heavy atom. The van der Waals surface area contributed by atoms with Crippen LogP contribution in [0.1, 0.15) is 30.4 Å². The van der Waals surface area contributed by atoms with Gasteiger partial charge in [0, 0.05) is 26.8 Å². The molecule has 1 fully saturated rings. The molecule has 2 nitrogen and oxygen atoms in total. The molecule has 0 atom stereocenters. The Morgan fingerprint density at radius 2 is 2.17 bits per heavy atom. The summed E-state index contributed by atoms with van der Waals surface area (Å²) >= 11 is 0. The highest BCUT2D eigenvalue weighted by molar-refractivity contribution is 5.26. The highest BCUT2D eigenvalue weighted by Gasteiger charge is 2.41. The lowest BCUT2D eigenvalue weighted by atomic mass is 10.0. The fourth-order valence-corrected chi connectivity index (χ4v) is 2.33. The van der Waals surface area contributed by atoms with Crippen LogP contribution in [0.2, 0.25) is 0 Å². The summed E-state index contributed by atoms with van der Waals surface area (Å²) in [5.74, 6) is -0.157. The molecule has 18 heavy (non-hydrogen) atoms. The maximum atomic E-state index is 13.0. The zero-order valence-electron chi connectivity index (χ0n) is 11.3. The van der Waals surface area contributed by atoms with Gasteiger partial charge in [-0.3, -0.25) is 0 Å². The summed E-state index contributed by atoms with van der Waals surface area (Å²) in [6.45, 7) is 4.66. The van der Waals surface area contributed by atoms with Gasteiger partial charge in [-0.05, 0) is 54.9 Å². The first-order valence-corrected chi connectivity index (χ1v) is 6.60. The number of hydrogen-bond donors (Lipinski definition) is 1. The molecule has 2 rings (SSSR count). The van der Waals surface area contributed by atoms with E-state index in [1.54, 1.807) is 13.2 Å². The molecular formula is C15H22FNO. The van der Waals surface area contributed by atoms with Crippen molar-refractivity contribution in [3.05, 3.63) is 35.1 Å². The van der Waals surface area contributed by atoms with Crippen LogP contribution in [-0.4, -0.2) is 20.3 Å². The summed E-state index contributed by atoms with van der Waals surface area (Å²) in [7, 11) is 1.76. The molecule has 1 aliphatic carbocycles. The smallest absolute Gasteiger partial charge is 0.123 e. The van der Waals surface area contributed by atoms with E-state index in [1.807, 2.05) is 13.0 Å². The molecule has 1 saturated carbocycles. The van der Waals surface area contributed by atoms with E-state index in [4.69, 9.17) is 4.74 Å². The van der Waals surface area contributed by atoms with Crippen LogP contribution in [-0.2, 0) is 11.3 Å². The molecule has 0 aliphatic heterocycles. The van der Waals surface area contributed by atoms with E-state index >= 15 is 0 Å². The van der Waals surface area contributed by atoms with Gasteiger partial charge in [-0.2, -0.15) is 0 Å². The van der Waals surface area contributed by atoms with Gasteiger partial charge in [0.25, 0.3) is 0 Å². The summed E-state index contributed by atoms with van der Waals surface area (Å²) in [6.07, 6.45) is 3.73. The minimum Gasteiger partial charge on any atom is -0.385 e. The minimum absolute atomic E-state index is 0.157. The van der Waals surface area contributed by atoms with Gasteiger partial charge in [-0.25, -0.2) is 4.39 Å². The highest BCUT2D eigenvalue weighted by Crippen LogP contribution is 2.48. The summed E-state index contributed by atoms with van der Waals surface area (Å²) < 4.78 is 18.1. The molecule has 100 valence electrons. The van der Waals surface area contributed by atoms with E-state index in [-0.39, 0.29) is 5.82 Å². The van der Waals surface area contributed by atoms with E-state index in [1.165, 1.54) is 24.5 Å². The van der Waals surface area contributed by atoms with Crippen LogP contribution in [0.15, 0.2) is 18.2 Å². The van der Waals surface area contributed by atoms with Crippen LogP contribution < -0.4 is 5.32 Å². The molecule has 0 radical (unpaired) electrons. The number of rotatable bonds is 7. The van der Waals surface area contributed by atoms with E-state index in [0.29, 0.717) is 5.41 Å². The summed E-state index contributed by atoms with van der Waals surface area (Å²) in [4.78, 5) is 0. The first kappa shape index (κ1) is 13.5. The van der Waals surface area contributed by atoms with Crippen LogP contribution in [0.25, 0.3) is 0 Å². The standard InChI is InChI=1S/C15H22FNO/c1-12-9-14(16)4-3-13(12)10-17-11-15(5-6-15)7-8-18-2/h3-4,9,17H,5-8,10-11H2,1-2H3. The van der Waals surface area contributed by atoms with E-state index in [2.05, 4.69) is 5.32 Å². The molecule has 1 aromatic rings. The van der Waals surface area contributed by atoms with Crippen LogP contribution in [0.5, 0.6) is 0 Å². The average molecular weight is 251 g/mol. The van der Waals surface area contributed by atoms with E-state index < -0.39 is 0 Å². The number of hydrogen-bond acceptors (Lipinski definition) is 2. The monoisotopic (exact) mass is 251 g/mol. The predicted molar refractivity (Wildman–Crippen MR) is 71.0 cm³/mol. The van der Waals surface area contributed by atoms with Crippen LogP contribution in [0.3, 0.4) is 0 Å². The van der Waals surface area contributed by atoms with Crippen LogP contribution >= 0.6 is 0 Å². The Balaban J connectivity index is 1.78. The molecular weight excluding hydrogens is 229 g/mol. The van der Waals surface area contributed by atoms with Crippen molar-refractivity contribution in [1.82, 2.24) is 5.32 Å². The molecule has 1 aliphatic rings. The van der Waals surface area contributed by atoms with Crippen molar-refractivity contribution in [2.75, 3.05) is 20.3 Å². The second kappa shape index (κ2) is 5.81. The topological polar surface area (TPSA) is 21.3 Å². The molecule has 1 aromatic carbocycles. The molecule has 0 spiro atoms. The van der Waals surface area contributed by atoms with Crippen molar-refractivity contribution in [2.45, 2.75) is 32.7 Å². The van der Waals surface area contributed by atoms with Crippen molar-refractivity contribution in [2.24, 2.45) is 5.41 Å². The Bertz CT molecular complexity index is 401. The van der Waals surface area contributed by atoms with Crippen LogP contribution in [0, 0.1) is 18.2 Å². The van der Waals surface area contributed by atoms with E-state index in [0.717, 1.165) is 31.7 Å². The Kier molecular flexibility index (Phi) is 4.36. The van der Waals surface area contributed by atoms with Crippen molar-refractivity contribution in [3.63, 3.8) is 0 Å². The molecule has 0 unspecified atom stereocenters.